The van der Waals surface area contributed by atoms with E-state index in [-0.39, 0.29) is 5.91 Å². The van der Waals surface area contributed by atoms with Gasteiger partial charge in [0, 0.05) is 35.9 Å². The lowest BCUT2D eigenvalue weighted by Crippen LogP contribution is -2.38. The number of amides is 1. The van der Waals surface area contributed by atoms with Gasteiger partial charge in [-0.3, -0.25) is 9.78 Å². The summed E-state index contributed by atoms with van der Waals surface area (Å²) in [7, 11) is 0. The number of likely N-dealkylation sites (tertiary alicyclic amines) is 1. The van der Waals surface area contributed by atoms with Crippen LogP contribution in [0.25, 0.3) is 10.6 Å². The van der Waals surface area contributed by atoms with E-state index in [9.17, 15) is 4.79 Å². The second-order valence-corrected chi connectivity index (χ2v) is 7.09. The Balaban J connectivity index is 1.70. The minimum Gasteiger partial charge on any atom is -0.342 e. The van der Waals surface area contributed by atoms with Crippen molar-refractivity contribution in [2.45, 2.75) is 33.1 Å². The number of nitrogens with zero attached hydrogens (tertiary/aromatic N) is 3. The normalized spacial score (nSPS) is 16.0. The summed E-state index contributed by atoms with van der Waals surface area (Å²) in [6, 6.07) is 3.91. The molecule has 0 unspecified atom stereocenters. The number of piperidine rings is 1. The fraction of sp³-hybridized carbons (Fsp3) is 0.471. The Labute approximate surface area is 135 Å². The Bertz CT molecular complexity index is 645. The molecule has 0 bridgehead atoms. The minimum absolute atomic E-state index is 0.236. The lowest BCUT2D eigenvalue weighted by Gasteiger charge is -2.30. The summed E-state index contributed by atoms with van der Waals surface area (Å²) in [4.78, 5) is 24.2. The van der Waals surface area contributed by atoms with Crippen LogP contribution in [0, 0.1) is 12.8 Å². The summed E-state index contributed by atoms with van der Waals surface area (Å²) in [5.74, 6) is 0.979. The third kappa shape index (κ3) is 3.35. The molecule has 2 aromatic heterocycles. The molecule has 0 aliphatic carbocycles. The number of aryl methyl sites for hydroxylation is 1. The molecule has 0 saturated carbocycles. The molecule has 3 rings (SSSR count). The second-order valence-electron chi connectivity index (χ2n) is 6.00. The number of hydrogen-bond donors (Lipinski definition) is 0. The van der Waals surface area contributed by atoms with E-state index in [1.807, 2.05) is 24.0 Å². The Kier molecular flexibility index (Phi) is 4.52. The third-order valence-electron chi connectivity index (χ3n) is 4.27. The number of pyridine rings is 1. The smallest absolute Gasteiger partial charge is 0.227 e. The highest BCUT2D eigenvalue weighted by Crippen LogP contribution is 2.28. The van der Waals surface area contributed by atoms with Crippen LogP contribution in [0.1, 0.15) is 30.3 Å². The Hall–Kier alpha value is -1.75. The lowest BCUT2D eigenvalue weighted by atomic mass is 9.99. The monoisotopic (exact) mass is 315 g/mol. The van der Waals surface area contributed by atoms with Gasteiger partial charge >= 0.3 is 0 Å². The van der Waals surface area contributed by atoms with Crippen molar-refractivity contribution in [2.75, 3.05) is 13.1 Å². The van der Waals surface area contributed by atoms with Crippen molar-refractivity contribution in [3.05, 3.63) is 35.1 Å². The van der Waals surface area contributed by atoms with E-state index in [0.29, 0.717) is 6.42 Å². The van der Waals surface area contributed by atoms with E-state index >= 15 is 0 Å². The summed E-state index contributed by atoms with van der Waals surface area (Å²) in [6.07, 6.45) is 6.26. The SMILES string of the molecule is Cc1nc(-c2ccncc2)sc1CC(=O)N1CCC(C)CC1. The topological polar surface area (TPSA) is 46.1 Å². The molecule has 0 spiro atoms. The van der Waals surface area contributed by atoms with Gasteiger partial charge < -0.3 is 4.90 Å². The van der Waals surface area contributed by atoms with Crippen LogP contribution in [0.2, 0.25) is 0 Å². The first kappa shape index (κ1) is 15.2. The molecule has 1 fully saturated rings. The zero-order chi connectivity index (χ0) is 15.5. The quantitative estimate of drug-likeness (QED) is 0.873. The molecule has 22 heavy (non-hydrogen) atoms. The highest BCUT2D eigenvalue weighted by atomic mass is 32.1. The largest absolute Gasteiger partial charge is 0.342 e. The van der Waals surface area contributed by atoms with Crippen LogP contribution in [-0.4, -0.2) is 33.9 Å². The van der Waals surface area contributed by atoms with Crippen molar-refractivity contribution in [1.29, 1.82) is 0 Å². The summed E-state index contributed by atoms with van der Waals surface area (Å²) in [5, 5.41) is 0.968. The molecule has 116 valence electrons. The van der Waals surface area contributed by atoms with Crippen LogP contribution < -0.4 is 0 Å². The van der Waals surface area contributed by atoms with Crippen molar-refractivity contribution in [3.8, 4) is 10.6 Å². The Morgan fingerprint density at radius 2 is 2.00 bits per heavy atom. The molecule has 0 radical (unpaired) electrons. The van der Waals surface area contributed by atoms with Gasteiger partial charge in [-0.2, -0.15) is 0 Å². The maximum absolute atomic E-state index is 12.5. The van der Waals surface area contributed by atoms with Crippen LogP contribution in [0.4, 0.5) is 0 Å². The van der Waals surface area contributed by atoms with Gasteiger partial charge in [0.2, 0.25) is 5.91 Å². The molecule has 1 aliphatic rings. The van der Waals surface area contributed by atoms with Crippen LogP contribution >= 0.6 is 11.3 Å². The second kappa shape index (κ2) is 6.57. The van der Waals surface area contributed by atoms with Gasteiger partial charge in [-0.05, 0) is 37.8 Å². The first-order valence-electron chi connectivity index (χ1n) is 7.78. The van der Waals surface area contributed by atoms with Crippen molar-refractivity contribution < 1.29 is 4.79 Å². The predicted octanol–water partition coefficient (Wildman–Crippen LogP) is 3.31. The van der Waals surface area contributed by atoms with Gasteiger partial charge in [0.25, 0.3) is 0 Å². The predicted molar refractivity (Wildman–Crippen MR) is 88.8 cm³/mol. The van der Waals surface area contributed by atoms with Gasteiger partial charge in [-0.15, -0.1) is 11.3 Å². The molecule has 5 heteroatoms. The number of hydrogen-bond acceptors (Lipinski definition) is 4. The molecule has 4 nitrogen and oxygen atoms in total. The first-order valence-corrected chi connectivity index (χ1v) is 8.59. The van der Waals surface area contributed by atoms with Gasteiger partial charge in [0.05, 0.1) is 12.1 Å². The van der Waals surface area contributed by atoms with Crippen molar-refractivity contribution in [1.82, 2.24) is 14.9 Å². The van der Waals surface area contributed by atoms with E-state index in [4.69, 9.17) is 0 Å². The fourth-order valence-electron chi connectivity index (χ4n) is 2.72. The summed E-state index contributed by atoms with van der Waals surface area (Å²) in [6.45, 7) is 6.04. The molecular weight excluding hydrogens is 294 g/mol. The van der Waals surface area contributed by atoms with Gasteiger partial charge in [0.1, 0.15) is 5.01 Å². The van der Waals surface area contributed by atoms with Gasteiger partial charge in [-0.25, -0.2) is 4.98 Å². The summed E-state index contributed by atoms with van der Waals surface area (Å²) < 4.78 is 0. The van der Waals surface area contributed by atoms with E-state index < -0.39 is 0 Å². The van der Waals surface area contributed by atoms with Crippen molar-refractivity contribution >= 4 is 17.2 Å². The average Bonchev–Trinajstić information content (AvgIpc) is 2.90. The highest BCUT2D eigenvalue weighted by molar-refractivity contribution is 7.15. The standard InChI is InChI=1S/C17H21N3OS/c1-12-5-9-20(10-6-12)16(21)11-15-13(2)19-17(22-15)14-3-7-18-8-4-14/h3-4,7-8,12H,5-6,9-11H2,1-2H3. The minimum atomic E-state index is 0.236. The molecule has 2 aromatic rings. The molecule has 1 saturated heterocycles. The molecule has 1 amide bonds. The molecule has 1 aliphatic heterocycles. The maximum atomic E-state index is 12.5. The van der Waals surface area contributed by atoms with Crippen LogP contribution in [-0.2, 0) is 11.2 Å². The Morgan fingerprint density at radius 3 is 2.68 bits per heavy atom. The average molecular weight is 315 g/mol. The van der Waals surface area contributed by atoms with E-state index in [0.717, 1.165) is 53.0 Å². The number of carbonyl (C=O) groups is 1. The third-order valence-corrected chi connectivity index (χ3v) is 5.47. The number of aromatic nitrogens is 2. The van der Waals surface area contributed by atoms with E-state index in [1.54, 1.807) is 23.7 Å². The number of rotatable bonds is 3. The molecule has 0 atom stereocenters. The van der Waals surface area contributed by atoms with E-state index in [1.165, 1.54) is 0 Å². The van der Waals surface area contributed by atoms with Crippen LogP contribution in [0.3, 0.4) is 0 Å². The molecule has 3 heterocycles. The summed E-state index contributed by atoms with van der Waals surface area (Å²) in [5.41, 5.74) is 2.03. The maximum Gasteiger partial charge on any atom is 0.227 e. The van der Waals surface area contributed by atoms with E-state index in [2.05, 4.69) is 16.9 Å². The van der Waals surface area contributed by atoms with Crippen molar-refractivity contribution in [3.63, 3.8) is 0 Å². The Morgan fingerprint density at radius 1 is 1.32 bits per heavy atom. The zero-order valence-electron chi connectivity index (χ0n) is 13.1. The number of carbonyl (C=O) groups excluding carboxylic acids is 1. The highest BCUT2D eigenvalue weighted by Gasteiger charge is 2.22. The van der Waals surface area contributed by atoms with Crippen molar-refractivity contribution in [2.24, 2.45) is 5.92 Å². The zero-order valence-corrected chi connectivity index (χ0v) is 13.9. The fourth-order valence-corrected chi connectivity index (χ4v) is 3.78. The van der Waals surface area contributed by atoms with Gasteiger partial charge in [0.15, 0.2) is 0 Å². The molecular formula is C17H21N3OS. The lowest BCUT2D eigenvalue weighted by molar-refractivity contribution is -0.131. The van der Waals surface area contributed by atoms with Gasteiger partial charge in [-0.1, -0.05) is 6.92 Å². The molecule has 0 N–H and O–H groups in total. The first-order chi connectivity index (χ1) is 10.6. The molecule has 0 aromatic carbocycles. The number of thiazole rings is 1. The van der Waals surface area contributed by atoms with Crippen LogP contribution in [0.5, 0.6) is 0 Å². The van der Waals surface area contributed by atoms with Crippen LogP contribution in [0.15, 0.2) is 24.5 Å². The summed E-state index contributed by atoms with van der Waals surface area (Å²) >= 11 is 1.62.